The number of morpholine rings is 1. The van der Waals surface area contributed by atoms with Crippen molar-refractivity contribution in [1.82, 2.24) is 9.55 Å². The molecule has 0 spiro atoms. The first-order valence-electron chi connectivity index (χ1n) is 8.65. The van der Waals surface area contributed by atoms with Gasteiger partial charge in [-0.1, -0.05) is 6.92 Å². The number of ether oxygens (including phenoxy) is 1. The van der Waals surface area contributed by atoms with E-state index in [4.69, 9.17) is 4.74 Å². The van der Waals surface area contributed by atoms with Gasteiger partial charge < -0.3 is 15.0 Å². The zero-order valence-corrected chi connectivity index (χ0v) is 14.9. The van der Waals surface area contributed by atoms with Gasteiger partial charge in [0.05, 0.1) is 13.2 Å². The molecular formula is C18H20F2N4O3. The van der Waals surface area contributed by atoms with E-state index in [-0.39, 0.29) is 17.8 Å². The number of carbonyl (C=O) groups is 1. The SMILES string of the molecule is CCc1cc(=O)n(CC(=O)Nc2cc(F)cc(F)c2)c(N2CCOCC2)n1. The minimum Gasteiger partial charge on any atom is -0.378 e. The van der Waals surface area contributed by atoms with Crippen molar-refractivity contribution in [2.75, 3.05) is 36.5 Å². The zero-order chi connectivity index (χ0) is 19.4. The number of hydrogen-bond acceptors (Lipinski definition) is 5. The molecule has 1 N–H and O–H groups in total. The summed E-state index contributed by atoms with van der Waals surface area (Å²) in [5.41, 5.74) is 0.255. The summed E-state index contributed by atoms with van der Waals surface area (Å²) in [7, 11) is 0. The summed E-state index contributed by atoms with van der Waals surface area (Å²) in [6.45, 7) is 3.68. The summed E-state index contributed by atoms with van der Waals surface area (Å²) in [5.74, 6) is -1.79. The van der Waals surface area contributed by atoms with Crippen LogP contribution in [0.3, 0.4) is 0 Å². The smallest absolute Gasteiger partial charge is 0.255 e. The van der Waals surface area contributed by atoms with E-state index in [2.05, 4.69) is 10.3 Å². The van der Waals surface area contributed by atoms with E-state index < -0.39 is 17.5 Å². The van der Waals surface area contributed by atoms with Gasteiger partial charge in [-0.25, -0.2) is 13.8 Å². The quantitative estimate of drug-likeness (QED) is 0.855. The Morgan fingerprint density at radius 2 is 1.85 bits per heavy atom. The summed E-state index contributed by atoms with van der Waals surface area (Å²) in [4.78, 5) is 31.3. The molecule has 0 saturated carbocycles. The van der Waals surface area contributed by atoms with Crippen LogP contribution in [-0.4, -0.2) is 41.8 Å². The van der Waals surface area contributed by atoms with Gasteiger partial charge >= 0.3 is 0 Å². The van der Waals surface area contributed by atoms with Gasteiger partial charge in [0.15, 0.2) is 0 Å². The van der Waals surface area contributed by atoms with E-state index >= 15 is 0 Å². The van der Waals surface area contributed by atoms with Crippen LogP contribution in [-0.2, 0) is 22.5 Å². The fourth-order valence-electron chi connectivity index (χ4n) is 2.84. The van der Waals surface area contributed by atoms with E-state index in [9.17, 15) is 18.4 Å². The number of anilines is 2. The van der Waals surface area contributed by atoms with Gasteiger partial charge in [0.1, 0.15) is 18.2 Å². The highest BCUT2D eigenvalue weighted by atomic mass is 19.1. The van der Waals surface area contributed by atoms with Gasteiger partial charge in [0.2, 0.25) is 11.9 Å². The van der Waals surface area contributed by atoms with Crippen molar-refractivity contribution < 1.29 is 18.3 Å². The molecule has 0 bridgehead atoms. The first-order chi connectivity index (χ1) is 13.0. The van der Waals surface area contributed by atoms with Crippen LogP contribution in [0, 0.1) is 11.6 Å². The lowest BCUT2D eigenvalue weighted by Gasteiger charge is -2.29. The number of nitrogens with zero attached hydrogens (tertiary/aromatic N) is 3. The average molecular weight is 378 g/mol. The minimum atomic E-state index is -0.801. The largest absolute Gasteiger partial charge is 0.378 e. The van der Waals surface area contributed by atoms with E-state index in [1.165, 1.54) is 10.6 Å². The maximum Gasteiger partial charge on any atom is 0.255 e. The van der Waals surface area contributed by atoms with Gasteiger partial charge in [-0.2, -0.15) is 0 Å². The number of nitrogens with one attached hydrogen (secondary N) is 1. The number of benzene rings is 1. The highest BCUT2D eigenvalue weighted by Crippen LogP contribution is 2.15. The fourth-order valence-corrected chi connectivity index (χ4v) is 2.84. The van der Waals surface area contributed by atoms with Crippen LogP contribution in [0.2, 0.25) is 0 Å². The first kappa shape index (κ1) is 19.0. The first-order valence-corrected chi connectivity index (χ1v) is 8.65. The number of halogens is 2. The maximum absolute atomic E-state index is 13.3. The topological polar surface area (TPSA) is 76.5 Å². The lowest BCUT2D eigenvalue weighted by atomic mass is 10.3. The molecule has 1 amide bonds. The third-order valence-electron chi connectivity index (χ3n) is 4.15. The van der Waals surface area contributed by atoms with Crippen molar-refractivity contribution in [3.63, 3.8) is 0 Å². The molecule has 1 aromatic heterocycles. The average Bonchev–Trinajstić information content (AvgIpc) is 2.63. The van der Waals surface area contributed by atoms with Gasteiger partial charge in [0, 0.05) is 36.6 Å². The van der Waals surface area contributed by atoms with Gasteiger partial charge in [-0.3, -0.25) is 14.2 Å². The summed E-state index contributed by atoms with van der Waals surface area (Å²) >= 11 is 0. The second kappa shape index (κ2) is 8.26. The molecule has 1 saturated heterocycles. The normalized spacial score (nSPS) is 14.3. The molecule has 0 aliphatic carbocycles. The van der Waals surface area contributed by atoms with Crippen LogP contribution < -0.4 is 15.8 Å². The number of rotatable bonds is 5. The predicted molar refractivity (Wildman–Crippen MR) is 95.9 cm³/mol. The molecular weight excluding hydrogens is 358 g/mol. The van der Waals surface area contributed by atoms with Crippen molar-refractivity contribution in [3.05, 3.63) is 51.9 Å². The Bertz CT molecular complexity index is 874. The van der Waals surface area contributed by atoms with Crippen molar-refractivity contribution in [1.29, 1.82) is 0 Å². The third-order valence-corrected chi connectivity index (χ3v) is 4.15. The molecule has 27 heavy (non-hydrogen) atoms. The molecule has 2 aromatic rings. The molecule has 1 fully saturated rings. The minimum absolute atomic E-state index is 0.0170. The number of hydrogen-bond donors (Lipinski definition) is 1. The van der Waals surface area contributed by atoms with E-state index in [1.54, 1.807) is 0 Å². The summed E-state index contributed by atoms with van der Waals surface area (Å²) in [5, 5.41) is 2.41. The molecule has 2 heterocycles. The van der Waals surface area contributed by atoms with Crippen molar-refractivity contribution in [2.24, 2.45) is 0 Å². The lowest BCUT2D eigenvalue weighted by Crippen LogP contribution is -2.42. The highest BCUT2D eigenvalue weighted by molar-refractivity contribution is 5.90. The monoisotopic (exact) mass is 378 g/mol. The molecule has 9 heteroatoms. The van der Waals surface area contributed by atoms with Gasteiger partial charge in [-0.15, -0.1) is 0 Å². The number of amides is 1. The van der Waals surface area contributed by atoms with Crippen LogP contribution in [0.5, 0.6) is 0 Å². The second-order valence-electron chi connectivity index (χ2n) is 6.13. The van der Waals surface area contributed by atoms with E-state index in [1.807, 2.05) is 11.8 Å². The van der Waals surface area contributed by atoms with E-state index in [0.717, 1.165) is 12.1 Å². The molecule has 1 aliphatic heterocycles. The van der Waals surface area contributed by atoms with E-state index in [0.29, 0.717) is 50.4 Å². The second-order valence-corrected chi connectivity index (χ2v) is 6.13. The molecule has 3 rings (SSSR count). The standard InChI is InChI=1S/C18H20F2N4O3/c1-2-14-10-17(26)24(18(22-14)23-3-5-27-6-4-23)11-16(25)21-15-8-12(19)7-13(20)9-15/h7-10H,2-6,11H2,1H3,(H,21,25). The Hall–Kier alpha value is -2.81. The van der Waals surface area contributed by atoms with Crippen LogP contribution >= 0.6 is 0 Å². The van der Waals surface area contributed by atoms with Crippen LogP contribution in [0.25, 0.3) is 0 Å². The Balaban J connectivity index is 1.86. The molecule has 7 nitrogen and oxygen atoms in total. The van der Waals surface area contributed by atoms with Crippen LogP contribution in [0.15, 0.2) is 29.1 Å². The number of aromatic nitrogens is 2. The number of carbonyl (C=O) groups excluding carboxylic acids is 1. The van der Waals surface area contributed by atoms with Gasteiger partial charge in [0.25, 0.3) is 5.56 Å². The van der Waals surface area contributed by atoms with Crippen molar-refractivity contribution in [3.8, 4) is 0 Å². The predicted octanol–water partition coefficient (Wildman–Crippen LogP) is 1.56. The maximum atomic E-state index is 13.3. The van der Waals surface area contributed by atoms with Gasteiger partial charge in [-0.05, 0) is 18.6 Å². The molecule has 1 aliphatic rings. The Kier molecular flexibility index (Phi) is 5.80. The molecule has 0 unspecified atom stereocenters. The summed E-state index contributed by atoms with van der Waals surface area (Å²) in [6, 6.07) is 4.11. The molecule has 1 aromatic carbocycles. The van der Waals surface area contributed by atoms with Crippen LogP contribution in [0.1, 0.15) is 12.6 Å². The number of aryl methyl sites for hydroxylation is 1. The fraction of sp³-hybridized carbons (Fsp3) is 0.389. The Morgan fingerprint density at radius 3 is 2.48 bits per heavy atom. The molecule has 144 valence electrons. The van der Waals surface area contributed by atoms with Crippen molar-refractivity contribution >= 4 is 17.5 Å². The van der Waals surface area contributed by atoms with Crippen molar-refractivity contribution in [2.45, 2.75) is 19.9 Å². The lowest BCUT2D eigenvalue weighted by molar-refractivity contribution is -0.116. The summed E-state index contributed by atoms with van der Waals surface area (Å²) in [6.07, 6.45) is 0.586. The summed E-state index contributed by atoms with van der Waals surface area (Å²) < 4.78 is 33.2. The highest BCUT2D eigenvalue weighted by Gasteiger charge is 2.20. The molecule has 0 atom stereocenters. The Morgan fingerprint density at radius 1 is 1.19 bits per heavy atom. The zero-order valence-electron chi connectivity index (χ0n) is 14.9. The third kappa shape index (κ3) is 4.68. The Labute approximate surface area is 154 Å². The molecule has 0 radical (unpaired) electrons. The van der Waals surface area contributed by atoms with Crippen LogP contribution in [0.4, 0.5) is 20.4 Å².